The molecular weight excluding hydrogens is 386 g/mol. The number of nitrogens with one attached hydrogen (secondary N) is 2. The number of hydrogen-bond donors (Lipinski definition) is 2. The number of hydrogen-bond acceptors (Lipinski definition) is 4. The van der Waals surface area contributed by atoms with Crippen LogP contribution < -0.4 is 10.0 Å². The highest BCUT2D eigenvalue weighted by Gasteiger charge is 2.32. The van der Waals surface area contributed by atoms with E-state index in [1.54, 1.807) is 18.5 Å². The Hall–Kier alpha value is -1.55. The number of piperidine rings is 1. The van der Waals surface area contributed by atoms with Crippen LogP contribution in [0.25, 0.3) is 0 Å². The van der Waals surface area contributed by atoms with Gasteiger partial charge < -0.3 is 9.88 Å². The van der Waals surface area contributed by atoms with Crippen LogP contribution >= 0.6 is 12.4 Å². The fourth-order valence-electron chi connectivity index (χ4n) is 3.04. The average molecular weight is 407 g/mol. The van der Waals surface area contributed by atoms with E-state index >= 15 is 0 Å². The highest BCUT2D eigenvalue weighted by atomic mass is 35.5. The summed E-state index contributed by atoms with van der Waals surface area (Å²) in [5.41, 5.74) is 0.574. The van der Waals surface area contributed by atoms with Crippen LogP contribution in [0.5, 0.6) is 0 Å². The van der Waals surface area contributed by atoms with Crippen molar-refractivity contribution < 1.29 is 17.2 Å². The van der Waals surface area contributed by atoms with Crippen molar-refractivity contribution >= 4 is 22.4 Å². The quantitative estimate of drug-likeness (QED) is 0.812. The Bertz CT molecular complexity index is 869. The van der Waals surface area contributed by atoms with Crippen LogP contribution in [0.3, 0.4) is 0 Å². The molecule has 3 rings (SSSR count). The van der Waals surface area contributed by atoms with Gasteiger partial charge in [-0.15, -0.1) is 12.4 Å². The summed E-state index contributed by atoms with van der Waals surface area (Å²) in [6.07, 6.45) is 2.06. The molecule has 144 valence electrons. The number of nitrogens with zero attached hydrogens (tertiary/aromatic N) is 2. The Balaban J connectivity index is 0.00000243. The van der Waals surface area contributed by atoms with E-state index in [4.69, 9.17) is 0 Å². The maximum Gasteiger partial charge on any atom is 0.259 e. The SMILES string of the molecule is Cc1nc(S(=O)(=O)NC2CNCCC2c2ccc(F)c(F)c2)cn1C.Cl. The Labute approximate surface area is 157 Å². The lowest BCUT2D eigenvalue weighted by Crippen LogP contribution is -2.50. The molecule has 26 heavy (non-hydrogen) atoms. The average Bonchev–Trinajstić information content (AvgIpc) is 2.91. The van der Waals surface area contributed by atoms with Crippen LogP contribution in [-0.2, 0) is 17.1 Å². The van der Waals surface area contributed by atoms with Crippen LogP contribution in [0.1, 0.15) is 23.7 Å². The molecule has 0 saturated carbocycles. The van der Waals surface area contributed by atoms with E-state index in [2.05, 4.69) is 15.0 Å². The molecule has 1 aromatic carbocycles. The predicted octanol–water partition coefficient (Wildman–Crippen LogP) is 1.85. The molecule has 0 amide bonds. The molecular formula is C16H21ClF2N4O2S. The van der Waals surface area contributed by atoms with Gasteiger partial charge in [-0.1, -0.05) is 6.07 Å². The zero-order chi connectivity index (χ0) is 18.2. The van der Waals surface area contributed by atoms with Crippen molar-refractivity contribution in [2.75, 3.05) is 13.1 Å². The third kappa shape index (κ3) is 4.22. The van der Waals surface area contributed by atoms with Gasteiger partial charge in [0.05, 0.1) is 0 Å². The fourth-order valence-corrected chi connectivity index (χ4v) is 4.36. The normalized spacial score (nSPS) is 20.6. The summed E-state index contributed by atoms with van der Waals surface area (Å²) in [6, 6.07) is 3.23. The minimum atomic E-state index is -3.81. The molecule has 0 radical (unpaired) electrons. The topological polar surface area (TPSA) is 76.0 Å². The molecule has 2 unspecified atom stereocenters. The number of benzene rings is 1. The maximum absolute atomic E-state index is 13.6. The molecule has 0 bridgehead atoms. The van der Waals surface area contributed by atoms with E-state index in [1.807, 2.05) is 0 Å². The second-order valence-corrected chi connectivity index (χ2v) is 7.90. The molecule has 1 aliphatic heterocycles. The van der Waals surface area contributed by atoms with Crippen LogP contribution in [-0.4, -0.2) is 37.1 Å². The van der Waals surface area contributed by atoms with E-state index < -0.39 is 27.7 Å². The molecule has 2 heterocycles. The van der Waals surface area contributed by atoms with Crippen LogP contribution in [0.2, 0.25) is 0 Å². The monoisotopic (exact) mass is 406 g/mol. The minimum Gasteiger partial charge on any atom is -0.337 e. The van der Waals surface area contributed by atoms with Crippen molar-refractivity contribution in [3.8, 4) is 0 Å². The summed E-state index contributed by atoms with van der Waals surface area (Å²) in [4.78, 5) is 4.05. The van der Waals surface area contributed by atoms with E-state index in [1.165, 1.54) is 12.3 Å². The van der Waals surface area contributed by atoms with E-state index in [9.17, 15) is 17.2 Å². The summed E-state index contributed by atoms with van der Waals surface area (Å²) in [5.74, 6) is -1.52. The molecule has 0 aliphatic carbocycles. The highest BCUT2D eigenvalue weighted by Crippen LogP contribution is 2.28. The van der Waals surface area contributed by atoms with E-state index in [0.29, 0.717) is 30.9 Å². The van der Waals surface area contributed by atoms with Gasteiger partial charge in [-0.2, -0.15) is 0 Å². The number of imidazole rings is 1. The molecule has 1 aromatic heterocycles. The Morgan fingerprint density at radius 3 is 2.65 bits per heavy atom. The summed E-state index contributed by atoms with van der Waals surface area (Å²) in [7, 11) is -2.09. The van der Waals surface area contributed by atoms with Gasteiger partial charge in [-0.25, -0.2) is 26.9 Å². The van der Waals surface area contributed by atoms with Gasteiger partial charge in [0.1, 0.15) is 5.82 Å². The van der Waals surface area contributed by atoms with Crippen molar-refractivity contribution in [2.45, 2.75) is 30.3 Å². The molecule has 2 aromatic rings. The van der Waals surface area contributed by atoms with Gasteiger partial charge in [-0.3, -0.25) is 0 Å². The molecule has 2 atom stereocenters. The number of aromatic nitrogens is 2. The summed E-state index contributed by atoms with van der Waals surface area (Å²) in [6.45, 7) is 2.78. The lowest BCUT2D eigenvalue weighted by atomic mass is 9.86. The molecule has 10 heteroatoms. The third-order valence-corrected chi connectivity index (χ3v) is 5.88. The fraction of sp³-hybridized carbons (Fsp3) is 0.438. The summed E-state index contributed by atoms with van der Waals surface area (Å²) < 4.78 is 56.3. The first kappa shape index (κ1) is 20.8. The molecule has 6 nitrogen and oxygen atoms in total. The molecule has 2 N–H and O–H groups in total. The molecule has 1 aliphatic rings. The number of halogens is 3. The van der Waals surface area contributed by atoms with Crippen molar-refractivity contribution in [1.82, 2.24) is 19.6 Å². The van der Waals surface area contributed by atoms with Crippen molar-refractivity contribution in [3.05, 3.63) is 47.4 Å². The van der Waals surface area contributed by atoms with Gasteiger partial charge in [0.15, 0.2) is 16.7 Å². The summed E-state index contributed by atoms with van der Waals surface area (Å²) >= 11 is 0. The van der Waals surface area contributed by atoms with Crippen LogP contribution in [0.15, 0.2) is 29.4 Å². The van der Waals surface area contributed by atoms with Crippen LogP contribution in [0.4, 0.5) is 8.78 Å². The first-order chi connectivity index (χ1) is 11.8. The zero-order valence-electron chi connectivity index (χ0n) is 14.4. The molecule has 1 fully saturated rings. The smallest absolute Gasteiger partial charge is 0.259 e. The predicted molar refractivity (Wildman–Crippen MR) is 95.9 cm³/mol. The molecule has 0 spiro atoms. The van der Waals surface area contributed by atoms with Gasteiger partial charge in [0.2, 0.25) is 0 Å². The van der Waals surface area contributed by atoms with Crippen molar-refractivity contribution in [3.63, 3.8) is 0 Å². The maximum atomic E-state index is 13.6. The zero-order valence-corrected chi connectivity index (χ0v) is 16.0. The number of sulfonamides is 1. The number of aryl methyl sites for hydroxylation is 2. The summed E-state index contributed by atoms with van der Waals surface area (Å²) in [5, 5.41) is 3.08. The van der Waals surface area contributed by atoms with E-state index in [-0.39, 0.29) is 23.4 Å². The van der Waals surface area contributed by atoms with Crippen molar-refractivity contribution in [2.24, 2.45) is 7.05 Å². The van der Waals surface area contributed by atoms with E-state index in [0.717, 1.165) is 12.1 Å². The first-order valence-corrected chi connectivity index (χ1v) is 9.44. The van der Waals surface area contributed by atoms with Crippen LogP contribution in [0, 0.1) is 18.6 Å². The second kappa shape index (κ2) is 7.99. The minimum absolute atomic E-state index is 0. The number of rotatable bonds is 4. The Morgan fingerprint density at radius 2 is 2.04 bits per heavy atom. The van der Waals surface area contributed by atoms with Gasteiger partial charge in [-0.05, 0) is 37.6 Å². The van der Waals surface area contributed by atoms with Gasteiger partial charge >= 0.3 is 0 Å². The first-order valence-electron chi connectivity index (χ1n) is 7.96. The third-order valence-electron chi connectivity index (χ3n) is 4.52. The second-order valence-electron chi connectivity index (χ2n) is 6.24. The molecule has 1 saturated heterocycles. The Morgan fingerprint density at radius 1 is 1.31 bits per heavy atom. The highest BCUT2D eigenvalue weighted by molar-refractivity contribution is 7.89. The standard InChI is InChI=1S/C16H20F2N4O2S.ClH/c1-10-20-16(9-22(10)2)25(23,24)21-15-8-19-6-5-12(15)11-3-4-13(17)14(18)7-11;/h3-4,7,9,12,15,19,21H,5-6,8H2,1-2H3;1H. The van der Waals surface area contributed by atoms with Gasteiger partial charge in [0, 0.05) is 31.7 Å². The largest absolute Gasteiger partial charge is 0.337 e. The lowest BCUT2D eigenvalue weighted by molar-refractivity contribution is 0.376. The van der Waals surface area contributed by atoms with Crippen molar-refractivity contribution in [1.29, 1.82) is 0 Å². The lowest BCUT2D eigenvalue weighted by Gasteiger charge is -2.32. The Kier molecular flexibility index (Phi) is 6.38. The van der Waals surface area contributed by atoms with Gasteiger partial charge in [0.25, 0.3) is 10.0 Å².